The van der Waals surface area contributed by atoms with Crippen molar-refractivity contribution in [1.29, 1.82) is 5.26 Å². The lowest BCUT2D eigenvalue weighted by atomic mass is 10.3. The van der Waals surface area contributed by atoms with E-state index in [4.69, 9.17) is 5.26 Å². The highest BCUT2D eigenvalue weighted by atomic mass is 16.5. The first-order chi connectivity index (χ1) is 22.3. The Morgan fingerprint density at radius 3 is 1.04 bits per heavy atom. The predicted octanol–water partition coefficient (Wildman–Crippen LogP) is 9.22. The zero-order chi connectivity index (χ0) is 40.8. The van der Waals surface area contributed by atoms with Crippen molar-refractivity contribution in [3.8, 4) is 17.9 Å². The third-order valence-corrected chi connectivity index (χ3v) is 3.56. The topological polar surface area (TPSA) is 169 Å². The number of hydrogen-bond acceptors (Lipinski definition) is 10. The Bertz CT molecular complexity index is 899. The van der Waals surface area contributed by atoms with E-state index in [9.17, 15) is 20.0 Å². The summed E-state index contributed by atoms with van der Waals surface area (Å²) in [5, 5.41) is 37.1. The van der Waals surface area contributed by atoms with Gasteiger partial charge in [-0.2, -0.15) is 15.5 Å². The van der Waals surface area contributed by atoms with Gasteiger partial charge >= 0.3 is 5.97 Å². The number of nitrogens with zero attached hydrogens (tertiary/aromatic N) is 7. The number of allylic oxidation sites excluding steroid dienone is 8. The van der Waals surface area contributed by atoms with Crippen molar-refractivity contribution in [2.45, 2.75) is 96.9 Å². The molecule has 0 saturated heterocycles. The molecule has 280 valence electrons. The highest BCUT2D eigenvalue weighted by Gasteiger charge is 1.75. The number of azo groups is 2. The first-order valence-corrected chi connectivity index (χ1v) is 14.8. The Morgan fingerprint density at radius 1 is 0.750 bits per heavy atom. The molecule has 0 heterocycles. The van der Waals surface area contributed by atoms with Gasteiger partial charge in [0.05, 0.1) is 20.2 Å². The summed E-state index contributed by atoms with van der Waals surface area (Å²) in [5.41, 5.74) is 2.15. The lowest BCUT2D eigenvalue weighted by Gasteiger charge is -1.86. The zero-order valence-electron chi connectivity index (χ0n) is 34.3. The maximum atomic E-state index is 9.96. The molecule has 0 aliphatic carbocycles. The van der Waals surface area contributed by atoms with Crippen LogP contribution in [-0.4, -0.2) is 83.2 Å². The number of nitriles is 1. The maximum Gasteiger partial charge on any atom is 0.302 e. The van der Waals surface area contributed by atoms with Gasteiger partial charge in [0.2, 0.25) is 0 Å². The summed E-state index contributed by atoms with van der Waals surface area (Å²) >= 11 is 0. The largest absolute Gasteiger partial charge is 0.624 e. The molecule has 0 rings (SSSR count). The second kappa shape index (κ2) is 84.0. The van der Waals surface area contributed by atoms with Crippen molar-refractivity contribution in [2.24, 2.45) is 20.3 Å². The van der Waals surface area contributed by atoms with Crippen LogP contribution in [0.15, 0.2) is 67.9 Å². The van der Waals surface area contributed by atoms with Crippen LogP contribution in [0.2, 0.25) is 0 Å². The Hall–Kier alpha value is -4.71. The third-order valence-electron chi connectivity index (χ3n) is 3.56. The lowest BCUT2D eigenvalue weighted by Crippen LogP contribution is -1.89. The SMILES string of the molecule is CC#CC.CC=C(C)C.CC=C(C)C#N.CC=CC.CC=CC(C)=O.CC=NC.CC=[N+](C)[O-].CN=NC.CN=[N+](C)[O-].COC(C)=O. The van der Waals surface area contributed by atoms with Crippen LogP contribution in [0.5, 0.6) is 0 Å². The monoisotopic (exact) mass is 682 g/mol. The van der Waals surface area contributed by atoms with Crippen LogP contribution >= 0.6 is 0 Å². The zero-order valence-corrected chi connectivity index (χ0v) is 34.3. The molecule has 0 N–H and O–H groups in total. The van der Waals surface area contributed by atoms with E-state index in [1.165, 1.54) is 60.0 Å². The molecule has 0 aliphatic rings. The molecular formula is C36H71N7O5. The average Bonchev–Trinajstić information content (AvgIpc) is 3.09. The number of hydroxylamine groups is 2. The number of ether oxygens (including phenoxy) is 1. The Labute approximate surface area is 295 Å². The van der Waals surface area contributed by atoms with Gasteiger partial charge in [-0.05, 0) is 100 Å². The molecule has 0 fully saturated rings. The Morgan fingerprint density at radius 2 is 1.04 bits per heavy atom. The van der Waals surface area contributed by atoms with E-state index in [2.05, 4.69) is 56.8 Å². The van der Waals surface area contributed by atoms with Crippen LogP contribution in [0, 0.1) is 33.6 Å². The minimum Gasteiger partial charge on any atom is -0.624 e. The normalized spacial score (nSPS) is 9.12. The van der Waals surface area contributed by atoms with Gasteiger partial charge in [0.25, 0.3) is 0 Å². The third kappa shape index (κ3) is 328. The molecule has 0 atom stereocenters. The fraction of sp³-hybridized carbons (Fsp3) is 0.583. The van der Waals surface area contributed by atoms with Crippen LogP contribution < -0.4 is 0 Å². The molecule has 0 saturated carbocycles. The van der Waals surface area contributed by atoms with Crippen LogP contribution in [0.3, 0.4) is 0 Å². The van der Waals surface area contributed by atoms with E-state index in [-0.39, 0.29) is 11.8 Å². The molecule has 0 aliphatic heterocycles. The van der Waals surface area contributed by atoms with Crippen molar-refractivity contribution >= 4 is 24.2 Å². The molecular weight excluding hydrogens is 610 g/mol. The molecule has 0 aromatic rings. The smallest absolute Gasteiger partial charge is 0.302 e. The Kier molecular flexibility index (Phi) is 122. The molecule has 0 aromatic carbocycles. The molecule has 48 heavy (non-hydrogen) atoms. The Balaban J connectivity index is -0.0000000419. The van der Waals surface area contributed by atoms with E-state index in [0.29, 0.717) is 4.86 Å². The van der Waals surface area contributed by atoms with Crippen molar-refractivity contribution < 1.29 is 23.9 Å². The number of aliphatic imine (C=N–C) groups is 1. The number of ketones is 1. The summed E-state index contributed by atoms with van der Waals surface area (Å²) in [5.74, 6) is 5.22. The van der Waals surface area contributed by atoms with Gasteiger partial charge in [-0.15, -0.1) is 16.7 Å². The molecule has 0 bridgehead atoms. The van der Waals surface area contributed by atoms with Gasteiger partial charge in [0.15, 0.2) is 12.8 Å². The summed E-state index contributed by atoms with van der Waals surface area (Å²) in [4.78, 5) is 23.7. The van der Waals surface area contributed by atoms with E-state index >= 15 is 0 Å². The molecule has 12 nitrogen and oxygen atoms in total. The summed E-state index contributed by atoms with van der Waals surface area (Å²) in [6, 6.07) is 1.98. The van der Waals surface area contributed by atoms with Crippen molar-refractivity contribution in [3.63, 3.8) is 0 Å². The van der Waals surface area contributed by atoms with Crippen LogP contribution in [-0.2, 0) is 14.3 Å². The fourth-order valence-electron chi connectivity index (χ4n) is 0.299. The maximum absolute atomic E-state index is 9.96. The number of carbonyl (C=O) groups excluding carboxylic acids is 2. The van der Waals surface area contributed by atoms with Gasteiger partial charge in [0.1, 0.15) is 13.3 Å². The van der Waals surface area contributed by atoms with E-state index < -0.39 is 0 Å². The fourth-order valence-corrected chi connectivity index (χ4v) is 0.299. The van der Waals surface area contributed by atoms with Gasteiger partial charge in [0, 0.05) is 40.6 Å². The highest BCUT2D eigenvalue weighted by molar-refractivity contribution is 5.87. The van der Waals surface area contributed by atoms with E-state index in [1.54, 1.807) is 53.4 Å². The van der Waals surface area contributed by atoms with Crippen molar-refractivity contribution in [2.75, 3.05) is 49.4 Å². The van der Waals surface area contributed by atoms with E-state index in [1.807, 2.05) is 73.6 Å². The van der Waals surface area contributed by atoms with Gasteiger partial charge < -0.3 is 20.1 Å². The van der Waals surface area contributed by atoms with Gasteiger partial charge in [-0.25, -0.2) is 4.74 Å². The first kappa shape index (κ1) is 69.9. The summed E-state index contributed by atoms with van der Waals surface area (Å²) in [7, 11) is 10.6. The lowest BCUT2D eigenvalue weighted by molar-refractivity contribution is -0.497. The highest BCUT2D eigenvalue weighted by Crippen LogP contribution is 1.83. The molecule has 0 spiro atoms. The van der Waals surface area contributed by atoms with Crippen LogP contribution in [0.25, 0.3) is 0 Å². The van der Waals surface area contributed by atoms with Crippen molar-refractivity contribution in [3.05, 3.63) is 58.0 Å². The van der Waals surface area contributed by atoms with E-state index in [0.717, 1.165) is 10.3 Å². The second-order valence-corrected chi connectivity index (χ2v) is 7.81. The summed E-state index contributed by atoms with van der Waals surface area (Å²) in [6.07, 6.45) is 14.3. The van der Waals surface area contributed by atoms with Gasteiger partial charge in [-0.3, -0.25) is 9.59 Å². The molecule has 0 unspecified atom stereocenters. The minimum absolute atomic E-state index is 0.109. The van der Waals surface area contributed by atoms with Crippen LogP contribution in [0.4, 0.5) is 0 Å². The number of carbonyl (C=O) groups is 2. The number of rotatable bonds is 1. The number of esters is 1. The van der Waals surface area contributed by atoms with Gasteiger partial charge in [-0.1, -0.05) is 36.0 Å². The molecule has 0 amide bonds. The summed E-state index contributed by atoms with van der Waals surface area (Å²) in [6.45, 7) is 25.8. The predicted molar refractivity (Wildman–Crippen MR) is 209 cm³/mol. The molecule has 0 radical (unpaired) electrons. The van der Waals surface area contributed by atoms with Crippen molar-refractivity contribution in [1.82, 2.24) is 0 Å². The van der Waals surface area contributed by atoms with Crippen LogP contribution in [0.1, 0.15) is 96.9 Å². The minimum atomic E-state index is -0.245. The molecule has 0 aromatic heterocycles. The average molecular weight is 682 g/mol. The standard InChI is InChI=1S/C5H7N.C5H8O.C5H10.C4H8.C4H6.C3H7NO.C3H7N.C3H6O2.C2H6N2O.C2H6N2/c1-3-5(2)4-6;1-3-4-5(2)6;1-4-5(2)3;2*1-3-4-2;1-3-4(2)5;1-3-4-2;1-3(4)5-2;1-3-4(2)5;1-3-4-2/h3H,1-2H3;3-4H,1-2H3;4H,1-3H3;3-4H,1-2H3;1-2H3;3H,1-2H3;3H,1-2H3;2*1-2H3;1-2H3. The summed E-state index contributed by atoms with van der Waals surface area (Å²) < 4.78 is 4.86. The second-order valence-electron chi connectivity index (χ2n) is 7.81. The number of hydrogen-bond donors (Lipinski definition) is 0. The first-order valence-electron chi connectivity index (χ1n) is 14.8. The molecule has 12 heteroatoms. The quantitative estimate of drug-likeness (QED) is 0.0255. The number of methoxy groups -OCH3 is 1.